The van der Waals surface area contributed by atoms with Crippen LogP contribution >= 0.6 is 0 Å². The maximum Gasteiger partial charge on any atom is 0.353 e. The zero-order valence-corrected chi connectivity index (χ0v) is 21.2. The van der Waals surface area contributed by atoms with Crippen LogP contribution in [0.15, 0.2) is 24.3 Å². The first-order valence-corrected chi connectivity index (χ1v) is 13.1. The molecule has 2 N–H and O–H groups in total. The summed E-state index contributed by atoms with van der Waals surface area (Å²) in [6, 6.07) is 8.03. The van der Waals surface area contributed by atoms with Crippen molar-refractivity contribution in [2.75, 3.05) is 36.9 Å². The summed E-state index contributed by atoms with van der Waals surface area (Å²) in [5.74, 6) is 0.528. The molecule has 0 amide bonds. The molecule has 5 rings (SSSR count). The molecule has 0 radical (unpaired) electrons. The molecule has 3 aliphatic rings. The number of likely N-dealkylation sites (tertiary alicyclic amines) is 1. The monoisotopic (exact) mass is 510 g/mol. The number of nitrogen functional groups attached to an aromatic ring is 1. The molecule has 2 saturated carbocycles. The average Bonchev–Trinajstić information content (AvgIpc) is 3.19. The van der Waals surface area contributed by atoms with E-state index in [1.807, 2.05) is 12.1 Å². The summed E-state index contributed by atoms with van der Waals surface area (Å²) in [5.41, 5.74) is 7.65. The summed E-state index contributed by atoms with van der Waals surface area (Å²) in [6.07, 6.45) is 5.47. The van der Waals surface area contributed by atoms with E-state index < -0.39 is 16.6 Å². The van der Waals surface area contributed by atoms with E-state index in [1.54, 1.807) is 6.92 Å². The molecule has 3 atom stereocenters. The minimum atomic E-state index is -0.610. The van der Waals surface area contributed by atoms with E-state index in [-0.39, 0.29) is 43.4 Å². The molecule has 11 nitrogen and oxygen atoms in total. The van der Waals surface area contributed by atoms with Crippen molar-refractivity contribution in [1.82, 2.24) is 14.9 Å². The average molecular weight is 511 g/mol. The second-order valence-corrected chi connectivity index (χ2v) is 10.3. The van der Waals surface area contributed by atoms with Gasteiger partial charge in [-0.3, -0.25) is 19.8 Å². The Morgan fingerprint density at radius 3 is 2.62 bits per heavy atom. The molecule has 37 heavy (non-hydrogen) atoms. The summed E-state index contributed by atoms with van der Waals surface area (Å²) in [7, 11) is 0. The van der Waals surface area contributed by atoms with Crippen molar-refractivity contribution < 1.29 is 19.2 Å². The van der Waals surface area contributed by atoms with Crippen LogP contribution in [0.1, 0.15) is 50.2 Å². The van der Waals surface area contributed by atoms with Crippen molar-refractivity contribution in [3.05, 3.63) is 45.5 Å². The maximum atomic E-state index is 12.5. The molecule has 1 unspecified atom stereocenters. The highest BCUT2D eigenvalue weighted by Crippen LogP contribution is 2.52. The van der Waals surface area contributed by atoms with Crippen LogP contribution in [-0.4, -0.2) is 58.1 Å². The van der Waals surface area contributed by atoms with E-state index in [9.17, 15) is 14.9 Å². The minimum absolute atomic E-state index is 0.000966. The lowest BCUT2D eigenvalue weighted by molar-refractivity contribution is -0.383. The first kappa shape index (κ1) is 25.2. The Labute approximate surface area is 216 Å². The highest BCUT2D eigenvalue weighted by molar-refractivity contribution is 5.78. The van der Waals surface area contributed by atoms with Gasteiger partial charge < -0.3 is 20.1 Å². The van der Waals surface area contributed by atoms with Crippen LogP contribution in [0.3, 0.4) is 0 Å². The van der Waals surface area contributed by atoms with Crippen LogP contribution in [0.2, 0.25) is 0 Å². The van der Waals surface area contributed by atoms with Gasteiger partial charge in [-0.1, -0.05) is 24.3 Å². The van der Waals surface area contributed by atoms with E-state index in [2.05, 4.69) is 27.0 Å². The number of nitro groups is 1. The highest BCUT2D eigenvalue weighted by atomic mass is 16.6. The number of rotatable bonds is 11. The zero-order valence-electron chi connectivity index (χ0n) is 21.2. The van der Waals surface area contributed by atoms with Crippen LogP contribution in [0.5, 0.6) is 6.01 Å². The number of nitrogens with zero attached hydrogens (tertiary/aromatic N) is 5. The number of fused-ring (bicyclic) bond motifs is 1. The molecule has 1 saturated heterocycles. The number of esters is 1. The van der Waals surface area contributed by atoms with E-state index in [1.165, 1.54) is 24.2 Å². The molecular formula is C26H34N6O5. The Morgan fingerprint density at radius 2 is 1.92 bits per heavy atom. The normalized spacial score (nSPS) is 22.5. The summed E-state index contributed by atoms with van der Waals surface area (Å²) >= 11 is 0. The molecule has 0 spiro atoms. The van der Waals surface area contributed by atoms with Crippen LogP contribution in [0.4, 0.5) is 17.3 Å². The van der Waals surface area contributed by atoms with Gasteiger partial charge in [0, 0.05) is 13.1 Å². The van der Waals surface area contributed by atoms with Gasteiger partial charge in [0.1, 0.15) is 12.6 Å². The molecule has 198 valence electrons. The van der Waals surface area contributed by atoms with E-state index in [0.29, 0.717) is 11.8 Å². The largest absolute Gasteiger partial charge is 0.465 e. The molecular weight excluding hydrogens is 476 g/mol. The van der Waals surface area contributed by atoms with Gasteiger partial charge in [-0.25, -0.2) is 0 Å². The zero-order chi connectivity index (χ0) is 25.9. The van der Waals surface area contributed by atoms with Crippen molar-refractivity contribution in [3.8, 4) is 6.01 Å². The smallest absolute Gasteiger partial charge is 0.353 e. The molecule has 1 aromatic heterocycles. The lowest BCUT2D eigenvalue weighted by Gasteiger charge is -2.24. The molecule has 0 bridgehead atoms. The fraction of sp³-hybridized carbons (Fsp3) is 0.577. The van der Waals surface area contributed by atoms with Crippen LogP contribution < -0.4 is 15.4 Å². The molecule has 2 aromatic rings. The Hall–Kier alpha value is -3.47. The van der Waals surface area contributed by atoms with Crippen molar-refractivity contribution in [2.45, 2.75) is 58.2 Å². The number of anilines is 2. The number of carbonyl (C=O) groups is 1. The predicted molar refractivity (Wildman–Crippen MR) is 137 cm³/mol. The first-order valence-electron chi connectivity index (χ1n) is 13.1. The third-order valence-electron chi connectivity index (χ3n) is 7.42. The lowest BCUT2D eigenvalue weighted by Crippen LogP contribution is -2.32. The second-order valence-electron chi connectivity index (χ2n) is 10.3. The molecule has 3 fully saturated rings. The second kappa shape index (κ2) is 10.9. The number of hydrogen-bond donors (Lipinski definition) is 1. The topological polar surface area (TPSA) is 137 Å². The van der Waals surface area contributed by atoms with Crippen molar-refractivity contribution >= 4 is 23.3 Å². The molecule has 2 aliphatic carbocycles. The van der Waals surface area contributed by atoms with Crippen molar-refractivity contribution in [1.29, 1.82) is 0 Å². The van der Waals surface area contributed by atoms with Gasteiger partial charge >= 0.3 is 17.7 Å². The van der Waals surface area contributed by atoms with Crippen LogP contribution in [-0.2, 0) is 22.6 Å². The Morgan fingerprint density at radius 1 is 1.19 bits per heavy atom. The number of nitrogens with two attached hydrogens (primary N) is 1. The fourth-order valence-electron chi connectivity index (χ4n) is 5.61. The molecule has 1 aliphatic heterocycles. The van der Waals surface area contributed by atoms with E-state index in [0.717, 1.165) is 43.6 Å². The summed E-state index contributed by atoms with van der Waals surface area (Å²) in [4.78, 5) is 36.4. The summed E-state index contributed by atoms with van der Waals surface area (Å²) < 4.78 is 11.2. The maximum absolute atomic E-state index is 12.5. The van der Waals surface area contributed by atoms with Gasteiger partial charge in [0.05, 0.1) is 11.5 Å². The van der Waals surface area contributed by atoms with Gasteiger partial charge in [-0.05, 0) is 75.1 Å². The Bertz CT molecular complexity index is 1140. The van der Waals surface area contributed by atoms with Gasteiger partial charge in [-0.15, -0.1) is 0 Å². The first-order chi connectivity index (χ1) is 17.9. The SMILES string of the molecule is CCOC(=O)CN(Cc1cccc(CN2CCCC2)c1)c1nc(OC2C[C@@H]3C[C@@H]3C2)nc(N)c1[N+](=O)[O-]. The summed E-state index contributed by atoms with van der Waals surface area (Å²) in [6.45, 7) is 4.89. The van der Waals surface area contributed by atoms with Gasteiger partial charge in [0.15, 0.2) is 0 Å². The molecule has 2 heterocycles. The van der Waals surface area contributed by atoms with Crippen LogP contribution in [0.25, 0.3) is 0 Å². The number of aromatic nitrogens is 2. The number of carbonyl (C=O) groups excluding carboxylic acids is 1. The quantitative estimate of drug-likeness (QED) is 0.272. The Balaban J connectivity index is 1.43. The third kappa shape index (κ3) is 6.10. The summed E-state index contributed by atoms with van der Waals surface area (Å²) in [5, 5.41) is 12.0. The molecule has 11 heteroatoms. The predicted octanol–water partition coefficient (Wildman–Crippen LogP) is 3.31. The van der Waals surface area contributed by atoms with Gasteiger partial charge in [0.25, 0.3) is 0 Å². The van der Waals surface area contributed by atoms with Gasteiger partial charge in [0.2, 0.25) is 11.6 Å². The van der Waals surface area contributed by atoms with E-state index in [4.69, 9.17) is 15.2 Å². The fourth-order valence-corrected chi connectivity index (χ4v) is 5.61. The minimum Gasteiger partial charge on any atom is -0.465 e. The third-order valence-corrected chi connectivity index (χ3v) is 7.42. The van der Waals surface area contributed by atoms with Gasteiger partial charge in [-0.2, -0.15) is 9.97 Å². The highest BCUT2D eigenvalue weighted by Gasteiger charge is 2.47. The lowest BCUT2D eigenvalue weighted by atomic mass is 10.1. The van der Waals surface area contributed by atoms with Crippen LogP contribution in [0, 0.1) is 22.0 Å². The Kier molecular flexibility index (Phi) is 7.40. The van der Waals surface area contributed by atoms with Crippen molar-refractivity contribution in [3.63, 3.8) is 0 Å². The molecule has 1 aromatic carbocycles. The van der Waals surface area contributed by atoms with Crippen molar-refractivity contribution in [2.24, 2.45) is 11.8 Å². The number of benzene rings is 1. The number of hydrogen-bond acceptors (Lipinski definition) is 10. The standard InChI is InChI=1S/C26H34N6O5/c1-2-36-22(33)16-31(15-18-7-5-6-17(10-18)14-30-8-3-4-9-30)25-23(32(34)35)24(27)28-26(29-25)37-21-12-19-11-20(19)13-21/h5-7,10,19-21H,2-4,8-9,11-16H2,1H3,(H2,27,28,29)/t19-,20+,21?. The van der Waals surface area contributed by atoms with E-state index >= 15 is 0 Å². The number of ether oxygens (including phenoxy) is 2.